The van der Waals surface area contributed by atoms with E-state index in [2.05, 4.69) is 44.5 Å². The maximum Gasteiger partial charge on any atom is 0.209 e. The van der Waals surface area contributed by atoms with Crippen LogP contribution in [0.4, 0.5) is 0 Å². The predicted molar refractivity (Wildman–Crippen MR) is 126 cm³/mol. The summed E-state index contributed by atoms with van der Waals surface area (Å²) in [7, 11) is -3.35. The van der Waals surface area contributed by atoms with Crippen LogP contribution in [0.1, 0.15) is 45.5 Å². The normalized spacial score (nSPS) is 12.7. The molecule has 0 amide bonds. The molecule has 3 N–H and O–H groups in total. The van der Waals surface area contributed by atoms with Gasteiger partial charge in [-0.3, -0.25) is 0 Å². The molecular weight excluding hydrogens is 493 g/mol. The maximum absolute atomic E-state index is 11.6. The third-order valence-electron chi connectivity index (χ3n) is 5.11. The number of sulfonamides is 1. The van der Waals surface area contributed by atoms with Gasteiger partial charge in [-0.2, -0.15) is 0 Å². The molecule has 0 aromatic heterocycles. The second-order valence-corrected chi connectivity index (χ2v) is 9.52. The summed E-state index contributed by atoms with van der Waals surface area (Å²) in [6.45, 7) is 8.63. The van der Waals surface area contributed by atoms with Crippen molar-refractivity contribution in [3.05, 3.63) is 106 Å². The van der Waals surface area contributed by atoms with Crippen molar-refractivity contribution in [2.45, 2.75) is 39.8 Å². The zero-order chi connectivity index (χ0) is 22.3. The molecule has 2 atom stereocenters. The molecule has 0 unspecified atom stereocenters. The van der Waals surface area contributed by atoms with Crippen molar-refractivity contribution in [2.75, 3.05) is 6.26 Å². The molecule has 3 aromatic rings. The van der Waals surface area contributed by atoms with E-state index in [0.717, 1.165) is 17.4 Å². The Kier molecular flexibility index (Phi) is 10.7. The fraction of sp³-hybridized carbons (Fsp3) is 0.280. The van der Waals surface area contributed by atoms with Gasteiger partial charge in [0, 0.05) is 19.5 Å². The molecule has 0 aliphatic carbocycles. The van der Waals surface area contributed by atoms with E-state index in [1.807, 2.05) is 60.7 Å². The van der Waals surface area contributed by atoms with Crippen molar-refractivity contribution < 1.29 is 27.9 Å². The van der Waals surface area contributed by atoms with Crippen LogP contribution in [0, 0.1) is 27.7 Å². The first-order valence-corrected chi connectivity index (χ1v) is 11.8. The number of aryl methyl sites for hydroxylation is 3. The quantitative estimate of drug-likeness (QED) is 0.466. The van der Waals surface area contributed by atoms with Gasteiger partial charge in [-0.1, -0.05) is 78.4 Å². The Labute approximate surface area is 200 Å². The largest absolute Gasteiger partial charge is 0.322 e. The smallest absolute Gasteiger partial charge is 0.209 e. The first kappa shape index (κ1) is 27.2. The SMILES string of the molecule is CS(=O)(=O)N[C@H](c1ccccc1)[C@H](N)c1ccccc1.Cc1cc(C)c(C)c(C)c1.[Ru]. The number of rotatable bonds is 5. The Hall–Kier alpha value is -1.85. The third-order valence-corrected chi connectivity index (χ3v) is 5.80. The molecule has 6 heteroatoms. The van der Waals surface area contributed by atoms with Crippen LogP contribution in [-0.2, 0) is 29.5 Å². The second-order valence-electron chi connectivity index (χ2n) is 7.74. The van der Waals surface area contributed by atoms with Crippen molar-refractivity contribution in [1.82, 2.24) is 4.72 Å². The van der Waals surface area contributed by atoms with Crippen LogP contribution >= 0.6 is 0 Å². The van der Waals surface area contributed by atoms with E-state index >= 15 is 0 Å². The number of hydrogen-bond donors (Lipinski definition) is 2. The van der Waals surface area contributed by atoms with Gasteiger partial charge in [-0.15, -0.1) is 0 Å². The van der Waals surface area contributed by atoms with E-state index in [1.165, 1.54) is 22.3 Å². The van der Waals surface area contributed by atoms with Crippen LogP contribution in [0.5, 0.6) is 0 Å². The fourth-order valence-corrected chi connectivity index (χ4v) is 4.10. The molecule has 0 saturated carbocycles. The van der Waals surface area contributed by atoms with Crippen LogP contribution in [0.3, 0.4) is 0 Å². The molecule has 0 fully saturated rings. The van der Waals surface area contributed by atoms with E-state index in [1.54, 1.807) is 0 Å². The Morgan fingerprint density at radius 1 is 0.774 bits per heavy atom. The zero-order valence-electron chi connectivity index (χ0n) is 18.7. The van der Waals surface area contributed by atoms with E-state index in [4.69, 9.17) is 5.73 Å². The summed E-state index contributed by atoms with van der Waals surface area (Å²) in [6.07, 6.45) is 1.14. The number of benzene rings is 3. The first-order valence-electron chi connectivity index (χ1n) is 9.95. The minimum Gasteiger partial charge on any atom is -0.322 e. The van der Waals surface area contributed by atoms with Crippen LogP contribution < -0.4 is 10.5 Å². The van der Waals surface area contributed by atoms with Gasteiger partial charge in [-0.25, -0.2) is 13.1 Å². The Bertz CT molecular complexity index is 1030. The number of hydrogen-bond acceptors (Lipinski definition) is 3. The van der Waals surface area contributed by atoms with Crippen LogP contribution in [0.15, 0.2) is 72.8 Å². The molecule has 0 aliphatic rings. The van der Waals surface area contributed by atoms with Crippen LogP contribution in [0.25, 0.3) is 0 Å². The Morgan fingerprint density at radius 3 is 1.61 bits per heavy atom. The number of nitrogens with two attached hydrogens (primary N) is 1. The standard InChI is InChI=1S/C15H18N2O2S.C10H14.Ru/c1-20(18,19)17-15(13-10-6-3-7-11-13)14(16)12-8-4-2-5-9-12;1-7-5-8(2)10(4)9(3)6-7;/h2-11,14-15,17H,16H2,1H3;5-6H,1-4H3;/t14-,15-;;/m1../s1. The molecule has 31 heavy (non-hydrogen) atoms. The van der Waals surface area contributed by atoms with Gasteiger partial charge >= 0.3 is 0 Å². The van der Waals surface area contributed by atoms with Crippen LogP contribution in [0.2, 0.25) is 0 Å². The molecular formula is C25H32N2O2RuS. The first-order chi connectivity index (χ1) is 14.1. The topological polar surface area (TPSA) is 72.2 Å². The predicted octanol–water partition coefficient (Wildman–Crippen LogP) is 4.89. The summed E-state index contributed by atoms with van der Waals surface area (Å²) in [4.78, 5) is 0. The molecule has 3 aromatic carbocycles. The molecule has 0 heterocycles. The van der Waals surface area contributed by atoms with E-state index in [9.17, 15) is 8.42 Å². The molecule has 4 nitrogen and oxygen atoms in total. The second kappa shape index (κ2) is 12.3. The Balaban J connectivity index is 0.000000370. The summed E-state index contributed by atoms with van der Waals surface area (Å²) in [5.74, 6) is 0. The van der Waals surface area contributed by atoms with Crippen LogP contribution in [-0.4, -0.2) is 14.7 Å². The Morgan fingerprint density at radius 2 is 1.19 bits per heavy atom. The van der Waals surface area contributed by atoms with Gasteiger partial charge in [0.1, 0.15) is 0 Å². The summed E-state index contributed by atoms with van der Waals surface area (Å²) >= 11 is 0. The van der Waals surface area contributed by atoms with Gasteiger partial charge in [-0.05, 0) is 55.5 Å². The van der Waals surface area contributed by atoms with Crippen molar-refractivity contribution >= 4 is 10.0 Å². The summed E-state index contributed by atoms with van der Waals surface area (Å²) < 4.78 is 25.8. The molecule has 0 spiro atoms. The molecule has 3 rings (SSSR count). The zero-order valence-corrected chi connectivity index (χ0v) is 21.3. The number of nitrogens with one attached hydrogen (secondary N) is 1. The minimum absolute atomic E-state index is 0. The third kappa shape index (κ3) is 8.66. The van der Waals surface area contributed by atoms with Gasteiger partial charge < -0.3 is 5.73 Å². The summed E-state index contributed by atoms with van der Waals surface area (Å²) in [5, 5.41) is 0. The van der Waals surface area contributed by atoms with E-state index < -0.39 is 22.1 Å². The molecule has 0 saturated heterocycles. The monoisotopic (exact) mass is 526 g/mol. The van der Waals surface area contributed by atoms with Gasteiger partial charge in [0.2, 0.25) is 10.0 Å². The van der Waals surface area contributed by atoms with E-state index in [0.29, 0.717) is 0 Å². The van der Waals surface area contributed by atoms with Gasteiger partial charge in [0.15, 0.2) is 0 Å². The van der Waals surface area contributed by atoms with Crippen molar-refractivity contribution in [3.63, 3.8) is 0 Å². The fourth-order valence-electron chi connectivity index (χ4n) is 3.36. The molecule has 0 aliphatic heterocycles. The van der Waals surface area contributed by atoms with Crippen molar-refractivity contribution in [2.24, 2.45) is 5.73 Å². The van der Waals surface area contributed by atoms with Crippen molar-refractivity contribution in [1.29, 1.82) is 0 Å². The van der Waals surface area contributed by atoms with E-state index in [-0.39, 0.29) is 19.5 Å². The maximum atomic E-state index is 11.6. The van der Waals surface area contributed by atoms with Gasteiger partial charge in [0.05, 0.1) is 18.3 Å². The van der Waals surface area contributed by atoms with Crippen molar-refractivity contribution in [3.8, 4) is 0 Å². The van der Waals surface area contributed by atoms with Gasteiger partial charge in [0.25, 0.3) is 0 Å². The average molecular weight is 526 g/mol. The molecule has 0 bridgehead atoms. The molecule has 168 valence electrons. The minimum atomic E-state index is -3.35. The average Bonchev–Trinajstić information content (AvgIpc) is 2.71. The summed E-state index contributed by atoms with van der Waals surface area (Å²) in [5.41, 5.74) is 13.6. The summed E-state index contributed by atoms with van der Waals surface area (Å²) in [6, 6.07) is 22.3. The molecule has 0 radical (unpaired) electrons.